The molecule has 72 heavy (non-hydrogen) atoms. The zero-order valence-corrected chi connectivity index (χ0v) is 42.1. The number of carbonyl (C=O) groups excluding carboxylic acids is 3. The van der Waals surface area contributed by atoms with Gasteiger partial charge in [-0.05, 0) is 97.2 Å². The maximum absolute atomic E-state index is 14.3. The number of nitrogens with one attached hydrogen (secondary N) is 2. The lowest BCUT2D eigenvalue weighted by Crippen LogP contribution is -2.58. The summed E-state index contributed by atoms with van der Waals surface area (Å²) in [5.74, 6) is 0.448. The minimum Gasteiger partial charge on any atom is -0.507 e. The number of phenols is 1. The summed E-state index contributed by atoms with van der Waals surface area (Å²) in [6.07, 6.45) is 8.19. The topological polar surface area (TPSA) is 216 Å². The molecule has 0 spiro atoms. The van der Waals surface area contributed by atoms with Gasteiger partial charge in [0.25, 0.3) is 0 Å². The number of nitrogens with zero attached hydrogens (tertiary/aromatic N) is 8. The van der Waals surface area contributed by atoms with Gasteiger partial charge in [-0.1, -0.05) is 81.4 Å². The second-order valence-corrected chi connectivity index (χ2v) is 21.9. The third kappa shape index (κ3) is 10.1. The summed E-state index contributed by atoms with van der Waals surface area (Å²) in [4.78, 5) is 63.1. The fourth-order valence-electron chi connectivity index (χ4n) is 11.2. The zero-order chi connectivity index (χ0) is 50.3. The van der Waals surface area contributed by atoms with Gasteiger partial charge in [-0.3, -0.25) is 14.4 Å². The van der Waals surface area contributed by atoms with E-state index in [0.717, 1.165) is 83.2 Å². The van der Waals surface area contributed by atoms with Crippen LogP contribution in [0.4, 0.5) is 17.5 Å². The Labute approximate surface area is 424 Å². The van der Waals surface area contributed by atoms with Crippen molar-refractivity contribution in [3.05, 3.63) is 114 Å². The predicted octanol–water partition coefficient (Wildman–Crippen LogP) is 7.26. The van der Waals surface area contributed by atoms with Gasteiger partial charge >= 0.3 is 0 Å². The van der Waals surface area contributed by atoms with Crippen LogP contribution in [0.1, 0.15) is 88.5 Å². The molecule has 374 valence electrons. The van der Waals surface area contributed by atoms with E-state index in [0.29, 0.717) is 35.8 Å². The Morgan fingerprint density at radius 1 is 0.819 bits per heavy atom. The summed E-state index contributed by atoms with van der Waals surface area (Å²) in [6.45, 7) is 9.50. The smallest absolute Gasteiger partial charge is 0.246 e. The second-order valence-electron chi connectivity index (χ2n) is 21.0. The molecule has 4 aliphatic rings. The van der Waals surface area contributed by atoms with E-state index in [1.807, 2.05) is 88.1 Å². The number of benzene rings is 3. The Morgan fingerprint density at radius 3 is 2.15 bits per heavy atom. The zero-order valence-electron chi connectivity index (χ0n) is 41.2. The molecule has 4 fully saturated rings. The number of para-hydroxylation sites is 1. The molecule has 0 radical (unpaired) electrons. The summed E-state index contributed by atoms with van der Waals surface area (Å²) in [7, 11) is 0. The molecule has 1 aliphatic carbocycles. The molecule has 6 N–H and O–H groups in total. The van der Waals surface area contributed by atoms with E-state index in [1.165, 1.54) is 10.5 Å². The van der Waals surface area contributed by atoms with Gasteiger partial charge in [0.1, 0.15) is 17.8 Å². The fraction of sp³-hybridized carbons (Fsp3) is 0.418. The molecular weight excluding hydrogens is 927 g/mol. The quantitative estimate of drug-likeness (QED) is 0.0817. The van der Waals surface area contributed by atoms with Gasteiger partial charge in [0.05, 0.1) is 33.6 Å². The summed E-state index contributed by atoms with van der Waals surface area (Å²) in [5, 5.41) is 35.8. The number of aromatic hydroxyl groups is 1. The highest BCUT2D eigenvalue weighted by Crippen LogP contribution is 2.40. The van der Waals surface area contributed by atoms with E-state index in [9.17, 15) is 24.6 Å². The number of hydrogen-bond acceptors (Lipinski definition) is 14. The first-order valence-corrected chi connectivity index (χ1v) is 26.0. The number of piperazine rings is 1. The van der Waals surface area contributed by atoms with Gasteiger partial charge in [0.2, 0.25) is 23.7 Å². The molecule has 2 bridgehead atoms. The molecule has 3 aliphatic heterocycles. The largest absolute Gasteiger partial charge is 0.507 e. The molecule has 5 atom stereocenters. The monoisotopic (exact) mass is 989 g/mol. The molecule has 1 saturated carbocycles. The van der Waals surface area contributed by atoms with Crippen LogP contribution in [0, 0.1) is 18.3 Å². The number of fused-ring (bicyclic) bond motifs is 2. The summed E-state index contributed by atoms with van der Waals surface area (Å²) < 4.78 is 0. The van der Waals surface area contributed by atoms with Crippen LogP contribution in [0.5, 0.6) is 5.75 Å². The van der Waals surface area contributed by atoms with Gasteiger partial charge in [0, 0.05) is 74.1 Å². The van der Waals surface area contributed by atoms with E-state index in [-0.39, 0.29) is 61.0 Å². The molecule has 3 aromatic carbocycles. The Hall–Kier alpha value is -6.98. The van der Waals surface area contributed by atoms with E-state index in [4.69, 9.17) is 15.7 Å². The maximum atomic E-state index is 14.3. The SMILES string of the molecule is Cc1ncsc1-c1ccc(CNC(=O)[C@@H]2C[C@@H](O)CN2C(=O)[C@@H](NC(=O)C2CCC(c3ccc(-c4cnc(N5C6CC[C@H]5CN(c5cc(-c7ccccc7O)nnc5N)C6)nc4)cc3)CC2)C(C)(C)C)cc1. The average molecular weight is 990 g/mol. The maximum Gasteiger partial charge on any atom is 0.246 e. The number of aliphatic hydroxyl groups is 1. The van der Waals surface area contributed by atoms with Crippen molar-refractivity contribution in [2.45, 2.75) is 115 Å². The number of β-amino-alcohol motifs (C(OH)–C–C–N with tert-alkyl or cyclic N) is 1. The number of hydrogen-bond donors (Lipinski definition) is 5. The molecule has 16 nitrogen and oxygen atoms in total. The van der Waals surface area contributed by atoms with Crippen LogP contribution < -0.4 is 26.2 Å². The summed E-state index contributed by atoms with van der Waals surface area (Å²) >= 11 is 1.59. The van der Waals surface area contributed by atoms with Crippen LogP contribution in [-0.2, 0) is 20.9 Å². The number of likely N-dealkylation sites (tertiary alicyclic amines) is 1. The second kappa shape index (κ2) is 20.3. The molecule has 1 unspecified atom stereocenters. The van der Waals surface area contributed by atoms with Crippen molar-refractivity contribution in [3.63, 3.8) is 0 Å². The van der Waals surface area contributed by atoms with Crippen LogP contribution in [0.3, 0.4) is 0 Å². The number of anilines is 3. The van der Waals surface area contributed by atoms with Crippen molar-refractivity contribution < 1.29 is 24.6 Å². The number of aromatic nitrogens is 5. The molecule has 3 saturated heterocycles. The summed E-state index contributed by atoms with van der Waals surface area (Å²) in [5.41, 5.74) is 15.7. The van der Waals surface area contributed by atoms with Gasteiger partial charge in [0.15, 0.2) is 5.82 Å². The Balaban J connectivity index is 0.716. The first-order chi connectivity index (χ1) is 34.7. The van der Waals surface area contributed by atoms with Crippen LogP contribution in [0.2, 0.25) is 0 Å². The van der Waals surface area contributed by atoms with Gasteiger partial charge in [-0.25, -0.2) is 15.0 Å². The number of nitrogen functional groups attached to an aromatic ring is 1. The predicted molar refractivity (Wildman–Crippen MR) is 279 cm³/mol. The Morgan fingerprint density at radius 2 is 1.50 bits per heavy atom. The number of aryl methyl sites for hydroxylation is 1. The van der Waals surface area contributed by atoms with E-state index in [2.05, 4.69) is 59.9 Å². The number of rotatable bonds is 12. The van der Waals surface area contributed by atoms with Crippen LogP contribution >= 0.6 is 11.3 Å². The fourth-order valence-corrected chi connectivity index (χ4v) is 12.0. The van der Waals surface area contributed by atoms with Crippen LogP contribution in [-0.4, -0.2) is 108 Å². The number of aliphatic hydroxyl groups excluding tert-OH is 1. The van der Waals surface area contributed by atoms with Crippen molar-refractivity contribution in [1.82, 2.24) is 40.7 Å². The lowest BCUT2D eigenvalue weighted by molar-refractivity contribution is -0.144. The van der Waals surface area contributed by atoms with Gasteiger partial charge < -0.3 is 41.3 Å². The first-order valence-electron chi connectivity index (χ1n) is 25.1. The lowest BCUT2D eigenvalue weighted by atomic mass is 9.77. The molecule has 3 amide bonds. The van der Waals surface area contributed by atoms with Crippen molar-refractivity contribution in [2.75, 3.05) is 35.2 Å². The third-order valence-electron chi connectivity index (χ3n) is 15.2. The Kier molecular flexibility index (Phi) is 13.7. The minimum absolute atomic E-state index is 0.0254. The van der Waals surface area contributed by atoms with Crippen molar-refractivity contribution in [1.29, 1.82) is 0 Å². The molecule has 10 rings (SSSR count). The highest BCUT2D eigenvalue weighted by Gasteiger charge is 2.46. The molecule has 3 aromatic heterocycles. The normalized spacial score (nSPS) is 22.4. The molecule has 17 heteroatoms. The van der Waals surface area contributed by atoms with Crippen LogP contribution in [0.25, 0.3) is 32.8 Å². The van der Waals surface area contributed by atoms with E-state index in [1.54, 1.807) is 23.5 Å². The lowest BCUT2D eigenvalue weighted by Gasteiger charge is -2.42. The molecular formula is C55H63N11O5S. The molecule has 6 aromatic rings. The number of phenolic OH excluding ortho intramolecular Hbond substituents is 1. The minimum atomic E-state index is -0.876. The van der Waals surface area contributed by atoms with Crippen molar-refractivity contribution in [2.24, 2.45) is 11.3 Å². The molecule has 6 heterocycles. The standard InChI is InChI=1S/C55H63N11O5S/c1-32-48(72-31-60-32)37-11-9-33(10-12-37)25-57-52(70)46-23-42(67)30-65(46)53(71)49(55(2,3)4)61-51(69)38-19-17-35(18-20-38)34-13-15-36(16-14-34)39-26-58-54(59-27-39)66-40-21-22-41(66)29-64(28-40)45-24-44(62-63-50(45)56)43-7-5-6-8-47(43)68/h5-16,24,26-27,31,35,38,40-42,46,49,67-68H,17-23,25,28-30H2,1-4H3,(H2,56,63)(H,57,70)(H,61,69)/t35?,38?,40-,41?,42+,46-,49+/m0/s1. The number of carbonyl (C=O) groups is 3. The number of amides is 3. The highest BCUT2D eigenvalue weighted by atomic mass is 32.1. The number of nitrogens with two attached hydrogens (primary N) is 1. The van der Waals surface area contributed by atoms with Gasteiger partial charge in [-0.2, -0.15) is 0 Å². The van der Waals surface area contributed by atoms with E-state index >= 15 is 0 Å². The average Bonchev–Trinajstić information content (AvgIpc) is 4.08. The number of thiazole rings is 1. The Bertz CT molecular complexity index is 2900. The van der Waals surface area contributed by atoms with Crippen LogP contribution in [0.15, 0.2) is 96.8 Å². The van der Waals surface area contributed by atoms with Crippen molar-refractivity contribution >= 4 is 46.5 Å². The third-order valence-corrected chi connectivity index (χ3v) is 16.2. The van der Waals surface area contributed by atoms with Crippen molar-refractivity contribution in [3.8, 4) is 38.6 Å². The highest BCUT2D eigenvalue weighted by molar-refractivity contribution is 7.13. The van der Waals surface area contributed by atoms with Gasteiger partial charge in [-0.15, -0.1) is 21.5 Å². The van der Waals surface area contributed by atoms with E-state index < -0.39 is 23.6 Å². The summed E-state index contributed by atoms with van der Waals surface area (Å²) in [6, 6.07) is 24.2. The first kappa shape index (κ1) is 48.6.